The number of H-pyrrole nitrogens is 1. The van der Waals surface area contributed by atoms with Gasteiger partial charge in [0.05, 0.1) is 0 Å². The van der Waals surface area contributed by atoms with Crippen LogP contribution in [0.5, 0.6) is 5.75 Å². The van der Waals surface area contributed by atoms with Gasteiger partial charge >= 0.3 is 11.9 Å². The Morgan fingerprint density at radius 2 is 1.60 bits per heavy atom. The van der Waals surface area contributed by atoms with Gasteiger partial charge in [-0.05, 0) is 47.0 Å². The SMILES string of the molecule is CC1(C)OC(=O)C([C@@H](c2ccc(OCc3ccc(Cl)cc3)cc2)c2c[nH]c3ccccc23)C(=O)O1. The Bertz CT molecular complexity index is 1350. The zero-order valence-corrected chi connectivity index (χ0v) is 20.0. The van der Waals surface area contributed by atoms with Crippen LogP contribution in [0.1, 0.15) is 36.5 Å². The number of esters is 2. The van der Waals surface area contributed by atoms with E-state index in [0.717, 1.165) is 27.6 Å². The lowest BCUT2D eigenvalue weighted by molar-refractivity contribution is -0.240. The molecule has 35 heavy (non-hydrogen) atoms. The van der Waals surface area contributed by atoms with E-state index in [0.29, 0.717) is 17.4 Å². The number of para-hydroxylation sites is 1. The predicted molar refractivity (Wildman–Crippen MR) is 132 cm³/mol. The second kappa shape index (κ2) is 9.12. The number of rotatable bonds is 6. The number of benzene rings is 3. The molecular formula is C28H24ClNO5. The van der Waals surface area contributed by atoms with Gasteiger partial charge in [0.15, 0.2) is 5.92 Å². The number of nitrogens with one attached hydrogen (secondary N) is 1. The van der Waals surface area contributed by atoms with E-state index >= 15 is 0 Å². The van der Waals surface area contributed by atoms with E-state index in [1.807, 2.05) is 79.0 Å². The highest BCUT2D eigenvalue weighted by Crippen LogP contribution is 2.41. The number of halogens is 1. The molecule has 1 fully saturated rings. The Hall–Kier alpha value is -3.77. The minimum absolute atomic E-state index is 0.388. The number of cyclic esters (lactones) is 2. The molecule has 2 heterocycles. The highest BCUT2D eigenvalue weighted by atomic mass is 35.5. The minimum atomic E-state index is -1.30. The van der Waals surface area contributed by atoms with Crippen LogP contribution in [0, 0.1) is 5.92 Å². The van der Waals surface area contributed by atoms with E-state index in [-0.39, 0.29) is 0 Å². The van der Waals surface area contributed by atoms with Crippen molar-refractivity contribution in [1.29, 1.82) is 0 Å². The molecule has 1 aliphatic heterocycles. The molecule has 3 aromatic carbocycles. The topological polar surface area (TPSA) is 77.6 Å². The van der Waals surface area contributed by atoms with Gasteiger partial charge in [0.1, 0.15) is 12.4 Å². The van der Waals surface area contributed by atoms with E-state index in [4.69, 9.17) is 25.8 Å². The number of aromatic amines is 1. The standard InChI is InChI=1S/C28H24ClNO5/c1-28(2)34-26(31)25(27(32)35-28)24(22-15-30-23-6-4-3-5-21(22)23)18-9-13-20(14-10-18)33-16-17-7-11-19(29)12-8-17/h3-15,24-25,30H,16H2,1-2H3/t24-/m0/s1. The van der Waals surface area contributed by atoms with Crippen LogP contribution >= 0.6 is 11.6 Å². The molecular weight excluding hydrogens is 466 g/mol. The summed E-state index contributed by atoms with van der Waals surface area (Å²) in [4.78, 5) is 29.3. The lowest BCUT2D eigenvalue weighted by atomic mass is 9.80. The van der Waals surface area contributed by atoms with Crippen molar-refractivity contribution in [3.05, 3.63) is 101 Å². The predicted octanol–water partition coefficient (Wildman–Crippen LogP) is 5.98. The van der Waals surface area contributed by atoms with Gasteiger partial charge in [0.25, 0.3) is 5.79 Å². The molecule has 1 aliphatic rings. The normalized spacial score (nSPS) is 16.5. The molecule has 0 bridgehead atoms. The number of carbonyl (C=O) groups is 2. The first-order valence-electron chi connectivity index (χ1n) is 11.3. The van der Waals surface area contributed by atoms with Crippen molar-refractivity contribution in [2.24, 2.45) is 5.92 Å². The van der Waals surface area contributed by atoms with E-state index < -0.39 is 29.6 Å². The summed E-state index contributed by atoms with van der Waals surface area (Å²) >= 11 is 5.95. The van der Waals surface area contributed by atoms with E-state index in [1.165, 1.54) is 0 Å². The monoisotopic (exact) mass is 489 g/mol. The Balaban J connectivity index is 1.48. The van der Waals surface area contributed by atoms with Gasteiger partial charge in [-0.3, -0.25) is 9.59 Å². The van der Waals surface area contributed by atoms with Gasteiger partial charge in [-0.1, -0.05) is 54.1 Å². The average molecular weight is 490 g/mol. The summed E-state index contributed by atoms with van der Waals surface area (Å²) < 4.78 is 16.8. The molecule has 5 rings (SSSR count). The molecule has 1 N–H and O–H groups in total. The first-order valence-corrected chi connectivity index (χ1v) is 11.7. The number of fused-ring (bicyclic) bond motifs is 1. The minimum Gasteiger partial charge on any atom is -0.489 e. The van der Waals surface area contributed by atoms with E-state index in [1.54, 1.807) is 13.8 Å². The van der Waals surface area contributed by atoms with Gasteiger partial charge in [-0.2, -0.15) is 0 Å². The second-order valence-electron chi connectivity index (χ2n) is 8.97. The smallest absolute Gasteiger partial charge is 0.324 e. The van der Waals surface area contributed by atoms with Crippen LogP contribution in [0.2, 0.25) is 5.02 Å². The van der Waals surface area contributed by atoms with E-state index in [2.05, 4.69) is 4.98 Å². The first kappa shape index (κ1) is 23.0. The summed E-state index contributed by atoms with van der Waals surface area (Å²) in [7, 11) is 0. The molecule has 1 atom stereocenters. The highest BCUT2D eigenvalue weighted by molar-refractivity contribution is 6.30. The largest absolute Gasteiger partial charge is 0.489 e. The van der Waals surface area contributed by atoms with Crippen LogP contribution < -0.4 is 4.74 Å². The van der Waals surface area contributed by atoms with Crippen LogP contribution in [0.15, 0.2) is 79.0 Å². The third kappa shape index (κ3) is 4.75. The molecule has 0 unspecified atom stereocenters. The van der Waals surface area contributed by atoms with Crippen molar-refractivity contribution >= 4 is 34.4 Å². The summed E-state index contributed by atoms with van der Waals surface area (Å²) in [6.45, 7) is 3.48. The summed E-state index contributed by atoms with van der Waals surface area (Å²) in [6.07, 6.45) is 1.83. The zero-order chi connectivity index (χ0) is 24.6. The molecule has 7 heteroatoms. The fourth-order valence-corrected chi connectivity index (χ4v) is 4.55. The third-order valence-corrected chi connectivity index (χ3v) is 6.30. The maximum Gasteiger partial charge on any atom is 0.324 e. The van der Waals surface area contributed by atoms with Crippen LogP contribution in [-0.4, -0.2) is 22.7 Å². The lowest BCUT2D eigenvalue weighted by Gasteiger charge is -2.36. The van der Waals surface area contributed by atoms with Gasteiger partial charge in [0, 0.05) is 41.9 Å². The van der Waals surface area contributed by atoms with Crippen LogP contribution in [0.25, 0.3) is 10.9 Å². The number of aromatic nitrogens is 1. The van der Waals surface area contributed by atoms with Crippen molar-refractivity contribution in [3.63, 3.8) is 0 Å². The van der Waals surface area contributed by atoms with Crippen molar-refractivity contribution in [2.75, 3.05) is 0 Å². The summed E-state index contributed by atoms with van der Waals surface area (Å²) in [5.74, 6) is -3.59. The molecule has 1 aromatic heterocycles. The fraction of sp³-hybridized carbons (Fsp3) is 0.214. The van der Waals surface area contributed by atoms with Crippen LogP contribution in [0.3, 0.4) is 0 Å². The number of hydrogen-bond acceptors (Lipinski definition) is 5. The molecule has 0 saturated carbocycles. The molecule has 0 radical (unpaired) electrons. The Labute approximate surface area is 207 Å². The van der Waals surface area contributed by atoms with Crippen LogP contribution in [-0.2, 0) is 25.7 Å². The zero-order valence-electron chi connectivity index (χ0n) is 19.3. The molecule has 0 amide bonds. The lowest BCUT2D eigenvalue weighted by Crippen LogP contribution is -2.48. The van der Waals surface area contributed by atoms with Gasteiger partial charge in [-0.25, -0.2) is 0 Å². The summed E-state index contributed by atoms with van der Waals surface area (Å²) in [5.41, 5.74) is 3.49. The van der Waals surface area contributed by atoms with Gasteiger partial charge < -0.3 is 19.2 Å². The van der Waals surface area contributed by atoms with Gasteiger partial charge in [-0.15, -0.1) is 0 Å². The molecule has 178 valence electrons. The van der Waals surface area contributed by atoms with Crippen molar-refractivity contribution < 1.29 is 23.8 Å². The molecule has 6 nitrogen and oxygen atoms in total. The summed E-state index contributed by atoms with van der Waals surface area (Å²) in [6, 6.07) is 22.6. The summed E-state index contributed by atoms with van der Waals surface area (Å²) in [5, 5.41) is 1.59. The maximum atomic E-state index is 13.0. The Morgan fingerprint density at radius 3 is 2.29 bits per heavy atom. The molecule has 1 saturated heterocycles. The van der Waals surface area contributed by atoms with Gasteiger partial charge in [0.2, 0.25) is 0 Å². The fourth-order valence-electron chi connectivity index (χ4n) is 4.42. The molecule has 4 aromatic rings. The van der Waals surface area contributed by atoms with E-state index in [9.17, 15) is 9.59 Å². The number of hydrogen-bond donors (Lipinski definition) is 1. The third-order valence-electron chi connectivity index (χ3n) is 6.05. The number of carbonyl (C=O) groups excluding carboxylic acids is 2. The van der Waals surface area contributed by atoms with Crippen molar-refractivity contribution in [3.8, 4) is 5.75 Å². The quantitative estimate of drug-likeness (QED) is 0.266. The average Bonchev–Trinajstić information content (AvgIpc) is 3.25. The molecule has 0 aliphatic carbocycles. The van der Waals surface area contributed by atoms with Crippen LogP contribution in [0.4, 0.5) is 0 Å². The first-order chi connectivity index (χ1) is 16.8. The molecule has 0 spiro atoms. The van der Waals surface area contributed by atoms with Crippen molar-refractivity contribution in [2.45, 2.75) is 32.2 Å². The maximum absolute atomic E-state index is 13.0. The van der Waals surface area contributed by atoms with Crippen molar-refractivity contribution in [1.82, 2.24) is 4.98 Å². The number of ether oxygens (including phenoxy) is 3. The highest BCUT2D eigenvalue weighted by Gasteiger charge is 2.48. The Kier molecular flexibility index (Phi) is 5.99. The Morgan fingerprint density at radius 1 is 0.943 bits per heavy atom. The second-order valence-corrected chi connectivity index (χ2v) is 9.41.